The molecule has 0 aliphatic carbocycles. The molecule has 0 saturated heterocycles. The third-order valence-electron chi connectivity index (χ3n) is 1.82. The van der Waals surface area contributed by atoms with Crippen LogP contribution in [-0.2, 0) is 0 Å². The Morgan fingerprint density at radius 3 is 1.69 bits per heavy atom. The molecule has 5 nitrogen and oxygen atoms in total. The van der Waals surface area contributed by atoms with Crippen LogP contribution in [0.3, 0.4) is 0 Å². The molecule has 0 aromatic rings. The molecule has 1 aliphatic heterocycles. The molecule has 0 radical (unpaired) electrons. The minimum Gasteiger partial charge on any atom is -0.349 e. The molecule has 0 aromatic carbocycles. The van der Waals surface area contributed by atoms with Crippen molar-refractivity contribution in [2.45, 2.75) is 0 Å². The topological polar surface area (TPSA) is 34.4 Å². The second-order valence-corrected chi connectivity index (χ2v) is 3.41. The normalized spacial score (nSPS) is 16.5. The second-order valence-electron chi connectivity index (χ2n) is 3.41. The standard InChI is InChI=1S/C8H17N5/c1-11(2)7-9-6-10-8(12(3)4)13(7)5/h6H2,1-5H3. The lowest BCUT2D eigenvalue weighted by Gasteiger charge is -2.32. The highest BCUT2D eigenvalue weighted by atomic mass is 15.5. The summed E-state index contributed by atoms with van der Waals surface area (Å²) in [5, 5.41) is 0. The third-order valence-corrected chi connectivity index (χ3v) is 1.82. The number of hydrogen-bond acceptors (Lipinski definition) is 5. The Hall–Kier alpha value is -1.26. The van der Waals surface area contributed by atoms with Crippen molar-refractivity contribution in [1.29, 1.82) is 0 Å². The maximum absolute atomic E-state index is 4.30. The summed E-state index contributed by atoms with van der Waals surface area (Å²) in [4.78, 5) is 14.5. The van der Waals surface area contributed by atoms with E-state index in [-0.39, 0.29) is 0 Å². The van der Waals surface area contributed by atoms with E-state index in [0.29, 0.717) is 6.67 Å². The van der Waals surface area contributed by atoms with Gasteiger partial charge in [-0.3, -0.25) is 4.90 Å². The van der Waals surface area contributed by atoms with Crippen molar-refractivity contribution >= 4 is 11.9 Å². The average molecular weight is 183 g/mol. The summed E-state index contributed by atoms with van der Waals surface area (Å²) < 4.78 is 0. The fraction of sp³-hybridized carbons (Fsp3) is 0.750. The smallest absolute Gasteiger partial charge is 0.204 e. The molecular weight excluding hydrogens is 166 g/mol. The molecule has 1 rings (SSSR count). The summed E-state index contributed by atoms with van der Waals surface area (Å²) in [5.41, 5.74) is 0. The van der Waals surface area contributed by atoms with E-state index in [4.69, 9.17) is 0 Å². The van der Waals surface area contributed by atoms with Crippen molar-refractivity contribution < 1.29 is 0 Å². The minimum atomic E-state index is 0.519. The van der Waals surface area contributed by atoms with Crippen LogP contribution >= 0.6 is 0 Å². The van der Waals surface area contributed by atoms with Gasteiger partial charge in [-0.05, 0) is 0 Å². The summed E-state index contributed by atoms with van der Waals surface area (Å²) in [6.07, 6.45) is 0. The van der Waals surface area contributed by atoms with Gasteiger partial charge in [-0.25, -0.2) is 9.98 Å². The molecular formula is C8H17N5. The molecule has 0 unspecified atom stereocenters. The summed E-state index contributed by atoms with van der Waals surface area (Å²) >= 11 is 0. The van der Waals surface area contributed by atoms with Gasteiger partial charge in [0, 0.05) is 35.2 Å². The second kappa shape index (κ2) is 3.64. The molecule has 1 heterocycles. The first-order chi connectivity index (χ1) is 6.04. The van der Waals surface area contributed by atoms with Crippen LogP contribution in [-0.4, -0.2) is 68.5 Å². The lowest BCUT2D eigenvalue weighted by atomic mass is 10.6. The molecule has 1 aliphatic rings. The largest absolute Gasteiger partial charge is 0.349 e. The average Bonchev–Trinajstić information content (AvgIpc) is 2.03. The van der Waals surface area contributed by atoms with Crippen LogP contribution in [0.5, 0.6) is 0 Å². The van der Waals surface area contributed by atoms with Gasteiger partial charge >= 0.3 is 0 Å². The van der Waals surface area contributed by atoms with Gasteiger partial charge in [0.2, 0.25) is 11.9 Å². The Balaban J connectivity index is 2.80. The van der Waals surface area contributed by atoms with Crippen molar-refractivity contribution in [1.82, 2.24) is 14.7 Å². The molecule has 0 amide bonds. The van der Waals surface area contributed by atoms with Crippen molar-refractivity contribution in [2.75, 3.05) is 41.9 Å². The van der Waals surface area contributed by atoms with Crippen LogP contribution in [0.4, 0.5) is 0 Å². The van der Waals surface area contributed by atoms with Crippen LogP contribution in [0.1, 0.15) is 0 Å². The van der Waals surface area contributed by atoms with E-state index in [9.17, 15) is 0 Å². The van der Waals surface area contributed by atoms with Gasteiger partial charge in [-0.1, -0.05) is 0 Å². The Morgan fingerprint density at radius 1 is 1.00 bits per heavy atom. The first-order valence-electron chi connectivity index (χ1n) is 4.21. The van der Waals surface area contributed by atoms with Crippen molar-refractivity contribution in [3.8, 4) is 0 Å². The highest BCUT2D eigenvalue weighted by Gasteiger charge is 2.19. The maximum Gasteiger partial charge on any atom is 0.204 e. The van der Waals surface area contributed by atoms with E-state index >= 15 is 0 Å². The molecule has 0 N–H and O–H groups in total. The predicted octanol–water partition coefficient (Wildman–Crippen LogP) is -0.275. The Kier molecular flexibility index (Phi) is 2.75. The number of guanidine groups is 2. The number of aliphatic imine (C=N–C) groups is 2. The SMILES string of the molecule is CN(C)C1=NCN=C(N(C)C)N1C. The first-order valence-corrected chi connectivity index (χ1v) is 4.21. The monoisotopic (exact) mass is 183 g/mol. The molecule has 0 atom stereocenters. The van der Waals surface area contributed by atoms with Gasteiger partial charge in [0.05, 0.1) is 0 Å². The van der Waals surface area contributed by atoms with Crippen LogP contribution in [0.2, 0.25) is 0 Å². The van der Waals surface area contributed by atoms with Crippen LogP contribution in [0, 0.1) is 0 Å². The molecule has 13 heavy (non-hydrogen) atoms. The van der Waals surface area contributed by atoms with Gasteiger partial charge in [0.25, 0.3) is 0 Å². The van der Waals surface area contributed by atoms with E-state index in [2.05, 4.69) is 9.98 Å². The number of hydrogen-bond donors (Lipinski definition) is 0. The Bertz CT molecular complexity index is 217. The van der Waals surface area contributed by atoms with Gasteiger partial charge < -0.3 is 9.80 Å². The maximum atomic E-state index is 4.30. The van der Waals surface area contributed by atoms with E-state index in [0.717, 1.165) is 11.9 Å². The quantitative estimate of drug-likeness (QED) is 0.518. The fourth-order valence-corrected chi connectivity index (χ4v) is 1.35. The van der Waals surface area contributed by atoms with E-state index < -0.39 is 0 Å². The fourth-order valence-electron chi connectivity index (χ4n) is 1.35. The van der Waals surface area contributed by atoms with Gasteiger partial charge in [-0.2, -0.15) is 0 Å². The van der Waals surface area contributed by atoms with E-state index in [1.807, 2.05) is 49.9 Å². The molecule has 74 valence electrons. The summed E-state index contributed by atoms with van der Waals surface area (Å²) in [6, 6.07) is 0. The lowest BCUT2D eigenvalue weighted by Crippen LogP contribution is -2.49. The molecule has 0 aromatic heterocycles. The molecule has 0 saturated carbocycles. The molecule has 0 spiro atoms. The predicted molar refractivity (Wildman–Crippen MR) is 54.9 cm³/mol. The minimum absolute atomic E-state index is 0.519. The Labute approximate surface area is 79.4 Å². The molecule has 5 heteroatoms. The summed E-state index contributed by atoms with van der Waals surface area (Å²) in [5.74, 6) is 1.89. The number of rotatable bonds is 0. The van der Waals surface area contributed by atoms with E-state index in [1.54, 1.807) is 0 Å². The summed E-state index contributed by atoms with van der Waals surface area (Å²) in [7, 11) is 9.89. The van der Waals surface area contributed by atoms with Crippen LogP contribution in [0.25, 0.3) is 0 Å². The lowest BCUT2D eigenvalue weighted by molar-refractivity contribution is 0.461. The zero-order valence-corrected chi connectivity index (χ0v) is 8.94. The van der Waals surface area contributed by atoms with Crippen LogP contribution < -0.4 is 0 Å². The zero-order chi connectivity index (χ0) is 10.0. The number of nitrogens with zero attached hydrogens (tertiary/aromatic N) is 5. The zero-order valence-electron chi connectivity index (χ0n) is 8.94. The Morgan fingerprint density at radius 2 is 1.38 bits per heavy atom. The molecule has 0 fully saturated rings. The first kappa shape index (κ1) is 9.83. The highest BCUT2D eigenvalue weighted by molar-refractivity contribution is 5.99. The molecule has 0 bridgehead atoms. The van der Waals surface area contributed by atoms with E-state index in [1.165, 1.54) is 0 Å². The van der Waals surface area contributed by atoms with Crippen molar-refractivity contribution in [3.05, 3.63) is 0 Å². The van der Waals surface area contributed by atoms with Crippen molar-refractivity contribution in [3.63, 3.8) is 0 Å². The third kappa shape index (κ3) is 1.91. The van der Waals surface area contributed by atoms with Gasteiger partial charge in [0.1, 0.15) is 6.67 Å². The van der Waals surface area contributed by atoms with Gasteiger partial charge in [-0.15, -0.1) is 0 Å². The summed E-state index contributed by atoms with van der Waals surface area (Å²) in [6.45, 7) is 0.519. The van der Waals surface area contributed by atoms with Gasteiger partial charge in [0.15, 0.2) is 0 Å². The van der Waals surface area contributed by atoms with Crippen LogP contribution in [0.15, 0.2) is 9.98 Å². The van der Waals surface area contributed by atoms with Crippen molar-refractivity contribution in [2.24, 2.45) is 9.98 Å². The highest BCUT2D eigenvalue weighted by Crippen LogP contribution is 2.02.